The number of carbonyl (C=O) groups is 1. The molecule has 5 heteroatoms. The van der Waals surface area contributed by atoms with E-state index in [0.717, 1.165) is 24.9 Å². The fourth-order valence-corrected chi connectivity index (χ4v) is 2.61. The summed E-state index contributed by atoms with van der Waals surface area (Å²) in [6, 6.07) is 3.65. The molecule has 1 amide bonds. The van der Waals surface area contributed by atoms with Gasteiger partial charge in [0, 0.05) is 24.6 Å². The highest BCUT2D eigenvalue weighted by atomic mass is 32.1. The van der Waals surface area contributed by atoms with E-state index in [1.165, 1.54) is 0 Å². The van der Waals surface area contributed by atoms with Gasteiger partial charge in [0.25, 0.3) is 0 Å². The van der Waals surface area contributed by atoms with Crippen LogP contribution in [0, 0.1) is 5.41 Å². The van der Waals surface area contributed by atoms with E-state index in [-0.39, 0.29) is 5.91 Å². The zero-order chi connectivity index (χ0) is 13.2. The highest BCUT2D eigenvalue weighted by molar-refractivity contribution is 7.80. The number of aromatic nitrogens is 1. The molecule has 1 aromatic heterocycles. The fraction of sp³-hybridized carbons (Fsp3) is 0.462. The van der Waals surface area contributed by atoms with Crippen molar-refractivity contribution in [2.75, 3.05) is 11.4 Å². The lowest BCUT2D eigenvalue weighted by Gasteiger charge is -2.42. The molecule has 1 saturated carbocycles. The van der Waals surface area contributed by atoms with Crippen LogP contribution in [0.4, 0.5) is 5.69 Å². The van der Waals surface area contributed by atoms with Crippen LogP contribution in [0.3, 0.4) is 0 Å². The zero-order valence-electron chi connectivity index (χ0n) is 10.4. The van der Waals surface area contributed by atoms with Gasteiger partial charge in [0.05, 0.1) is 10.4 Å². The van der Waals surface area contributed by atoms with Crippen molar-refractivity contribution in [2.45, 2.75) is 26.2 Å². The van der Waals surface area contributed by atoms with E-state index >= 15 is 0 Å². The standard InChI is InChI=1S/C13H17N3OS/c1-2-16(10-4-8-15-9-5-10)12(17)13(11(14)18)6-3-7-13/h4-5,8-9H,2-3,6-7H2,1H3,(H2,14,18). The molecule has 0 aliphatic heterocycles. The van der Waals surface area contributed by atoms with Gasteiger partial charge in [-0.15, -0.1) is 0 Å². The molecule has 1 aromatic rings. The van der Waals surface area contributed by atoms with Crippen molar-refractivity contribution in [1.29, 1.82) is 0 Å². The normalized spacial score (nSPS) is 16.7. The highest BCUT2D eigenvalue weighted by Gasteiger charge is 2.48. The Labute approximate surface area is 112 Å². The van der Waals surface area contributed by atoms with Gasteiger partial charge in [0.15, 0.2) is 0 Å². The molecule has 0 aromatic carbocycles. The van der Waals surface area contributed by atoms with Crippen LogP contribution in [-0.4, -0.2) is 22.4 Å². The van der Waals surface area contributed by atoms with Gasteiger partial charge in [-0.3, -0.25) is 9.78 Å². The first kappa shape index (κ1) is 13.0. The molecule has 96 valence electrons. The largest absolute Gasteiger partial charge is 0.392 e. The Bertz CT molecular complexity index is 457. The third kappa shape index (κ3) is 1.99. The Morgan fingerprint density at radius 3 is 2.50 bits per heavy atom. The van der Waals surface area contributed by atoms with Crippen LogP contribution in [0.15, 0.2) is 24.5 Å². The number of carbonyl (C=O) groups excluding carboxylic acids is 1. The molecule has 4 nitrogen and oxygen atoms in total. The monoisotopic (exact) mass is 263 g/mol. The Kier molecular flexibility index (Phi) is 3.61. The lowest BCUT2D eigenvalue weighted by molar-refractivity contribution is -0.128. The first-order valence-corrected chi connectivity index (χ1v) is 6.54. The molecule has 2 rings (SSSR count). The number of nitrogens with zero attached hydrogens (tertiary/aromatic N) is 2. The Balaban J connectivity index is 2.29. The summed E-state index contributed by atoms with van der Waals surface area (Å²) in [4.78, 5) is 18.7. The van der Waals surface area contributed by atoms with E-state index in [2.05, 4.69) is 4.98 Å². The van der Waals surface area contributed by atoms with Gasteiger partial charge in [-0.2, -0.15) is 0 Å². The lowest BCUT2D eigenvalue weighted by atomic mass is 9.67. The Hall–Kier alpha value is -1.49. The van der Waals surface area contributed by atoms with Crippen LogP contribution in [0.2, 0.25) is 0 Å². The van der Waals surface area contributed by atoms with Crippen molar-refractivity contribution in [2.24, 2.45) is 11.1 Å². The molecular formula is C13H17N3OS. The van der Waals surface area contributed by atoms with Crippen LogP contribution < -0.4 is 10.6 Å². The summed E-state index contributed by atoms with van der Waals surface area (Å²) in [7, 11) is 0. The molecular weight excluding hydrogens is 246 g/mol. The average molecular weight is 263 g/mol. The van der Waals surface area contributed by atoms with Crippen LogP contribution in [0.5, 0.6) is 0 Å². The van der Waals surface area contributed by atoms with Gasteiger partial charge in [-0.05, 0) is 31.9 Å². The second kappa shape index (κ2) is 5.02. The summed E-state index contributed by atoms with van der Waals surface area (Å²) in [6.07, 6.45) is 5.90. The van der Waals surface area contributed by atoms with E-state index in [4.69, 9.17) is 18.0 Å². The van der Waals surface area contributed by atoms with Crippen molar-refractivity contribution in [3.8, 4) is 0 Å². The van der Waals surface area contributed by atoms with Gasteiger partial charge in [0.1, 0.15) is 0 Å². The minimum absolute atomic E-state index is 0.0231. The lowest BCUT2D eigenvalue weighted by Crippen LogP contribution is -2.54. The number of anilines is 1. The van der Waals surface area contributed by atoms with Gasteiger partial charge in [-0.25, -0.2) is 0 Å². The minimum atomic E-state index is -0.616. The smallest absolute Gasteiger partial charge is 0.240 e. The minimum Gasteiger partial charge on any atom is -0.392 e. The van der Waals surface area contributed by atoms with E-state index < -0.39 is 5.41 Å². The number of thiocarbonyl (C=S) groups is 1. The number of pyridine rings is 1. The van der Waals surface area contributed by atoms with Crippen molar-refractivity contribution in [3.05, 3.63) is 24.5 Å². The van der Waals surface area contributed by atoms with Crippen LogP contribution in [-0.2, 0) is 4.79 Å². The second-order valence-corrected chi connectivity index (χ2v) is 4.99. The molecule has 1 heterocycles. The molecule has 0 unspecified atom stereocenters. The molecule has 0 spiro atoms. The van der Waals surface area contributed by atoms with Gasteiger partial charge in [0.2, 0.25) is 5.91 Å². The van der Waals surface area contributed by atoms with Crippen LogP contribution >= 0.6 is 12.2 Å². The van der Waals surface area contributed by atoms with Crippen molar-refractivity contribution >= 4 is 28.8 Å². The number of nitrogens with two attached hydrogens (primary N) is 1. The quantitative estimate of drug-likeness (QED) is 0.843. The Morgan fingerprint density at radius 1 is 1.50 bits per heavy atom. The second-order valence-electron chi connectivity index (χ2n) is 4.55. The topological polar surface area (TPSA) is 59.2 Å². The maximum Gasteiger partial charge on any atom is 0.240 e. The molecule has 1 aliphatic carbocycles. The van der Waals surface area contributed by atoms with Crippen LogP contribution in [0.1, 0.15) is 26.2 Å². The van der Waals surface area contributed by atoms with Crippen LogP contribution in [0.25, 0.3) is 0 Å². The van der Waals surface area contributed by atoms with E-state index in [1.807, 2.05) is 19.1 Å². The summed E-state index contributed by atoms with van der Waals surface area (Å²) in [6.45, 7) is 2.55. The number of hydrogen-bond acceptors (Lipinski definition) is 3. The fourth-order valence-electron chi connectivity index (χ4n) is 2.32. The maximum atomic E-state index is 12.7. The summed E-state index contributed by atoms with van der Waals surface area (Å²) in [5.74, 6) is 0.0231. The average Bonchev–Trinajstić information content (AvgIpc) is 2.29. The van der Waals surface area contributed by atoms with E-state index in [0.29, 0.717) is 11.5 Å². The third-order valence-electron chi connectivity index (χ3n) is 3.62. The molecule has 0 atom stereocenters. The molecule has 0 bridgehead atoms. The molecule has 0 radical (unpaired) electrons. The molecule has 18 heavy (non-hydrogen) atoms. The number of amides is 1. The summed E-state index contributed by atoms with van der Waals surface area (Å²) in [5.41, 5.74) is 6.01. The predicted molar refractivity (Wildman–Crippen MR) is 75.3 cm³/mol. The van der Waals surface area contributed by atoms with Crippen molar-refractivity contribution in [3.63, 3.8) is 0 Å². The summed E-state index contributed by atoms with van der Waals surface area (Å²) >= 11 is 5.09. The maximum absolute atomic E-state index is 12.7. The van der Waals surface area contributed by atoms with E-state index in [1.54, 1.807) is 17.3 Å². The van der Waals surface area contributed by atoms with Gasteiger partial charge in [-0.1, -0.05) is 18.6 Å². The molecule has 2 N–H and O–H groups in total. The Morgan fingerprint density at radius 2 is 2.11 bits per heavy atom. The summed E-state index contributed by atoms with van der Waals surface area (Å²) in [5, 5.41) is 0. The highest BCUT2D eigenvalue weighted by Crippen LogP contribution is 2.43. The molecule has 1 aliphatic rings. The first-order chi connectivity index (χ1) is 8.62. The molecule has 0 saturated heterocycles. The summed E-state index contributed by atoms with van der Waals surface area (Å²) < 4.78 is 0. The predicted octanol–water partition coefficient (Wildman–Crippen LogP) is 1.89. The number of rotatable bonds is 4. The van der Waals surface area contributed by atoms with Crippen molar-refractivity contribution < 1.29 is 4.79 Å². The number of hydrogen-bond donors (Lipinski definition) is 1. The van der Waals surface area contributed by atoms with E-state index in [9.17, 15) is 4.79 Å². The third-order valence-corrected chi connectivity index (χ3v) is 4.01. The molecule has 1 fully saturated rings. The first-order valence-electron chi connectivity index (χ1n) is 6.13. The zero-order valence-corrected chi connectivity index (χ0v) is 11.2. The van der Waals surface area contributed by atoms with Crippen molar-refractivity contribution in [1.82, 2.24) is 4.98 Å². The SMILES string of the molecule is CCN(C(=O)C1(C(N)=S)CCC1)c1ccncc1. The van der Waals surface area contributed by atoms with Gasteiger partial charge < -0.3 is 10.6 Å². The van der Waals surface area contributed by atoms with Gasteiger partial charge >= 0.3 is 0 Å².